The lowest BCUT2D eigenvalue weighted by Gasteiger charge is -2.17. The molecule has 0 radical (unpaired) electrons. The van der Waals surface area contributed by atoms with Crippen molar-refractivity contribution in [1.82, 2.24) is 35.1 Å². The molecule has 0 spiro atoms. The molecule has 6 aromatic heterocycles. The number of aromatic amines is 2. The number of thiophene rings is 1. The molecule has 6 heterocycles. The number of pyridine rings is 3. The minimum absolute atomic E-state index is 0.0961. The first-order valence-electron chi connectivity index (χ1n) is 11.5. The number of anilines is 1. The SMILES string of the molecule is CC(C)(C)C(=O)Nc1cncc(-c2cnc3[nH]nc(-c4nc5c(-c6ccc(F)s6)nccc5[nH]4)c3c2)c1. The molecule has 37 heavy (non-hydrogen) atoms. The summed E-state index contributed by atoms with van der Waals surface area (Å²) in [5.74, 6) is 0.442. The van der Waals surface area contributed by atoms with Crippen molar-refractivity contribution in [2.75, 3.05) is 5.32 Å². The van der Waals surface area contributed by atoms with Crippen LogP contribution in [0.2, 0.25) is 0 Å². The number of nitrogens with zero attached hydrogens (tertiary/aromatic N) is 5. The number of halogens is 1. The number of hydrogen-bond donors (Lipinski definition) is 3. The van der Waals surface area contributed by atoms with Crippen LogP contribution in [0.3, 0.4) is 0 Å². The van der Waals surface area contributed by atoms with Gasteiger partial charge in [-0.25, -0.2) is 9.97 Å². The van der Waals surface area contributed by atoms with E-state index in [-0.39, 0.29) is 11.0 Å². The van der Waals surface area contributed by atoms with E-state index in [0.717, 1.165) is 33.4 Å². The van der Waals surface area contributed by atoms with Gasteiger partial charge in [-0.2, -0.15) is 9.49 Å². The second kappa shape index (κ2) is 8.56. The van der Waals surface area contributed by atoms with Crippen molar-refractivity contribution in [2.45, 2.75) is 20.8 Å². The molecule has 6 rings (SSSR count). The van der Waals surface area contributed by atoms with E-state index in [2.05, 4.69) is 35.5 Å². The summed E-state index contributed by atoms with van der Waals surface area (Å²) in [5.41, 5.74) is 4.87. The molecule has 0 aromatic carbocycles. The van der Waals surface area contributed by atoms with E-state index in [1.54, 1.807) is 30.9 Å². The van der Waals surface area contributed by atoms with Gasteiger partial charge < -0.3 is 10.3 Å². The quantitative estimate of drug-likeness (QED) is 0.274. The van der Waals surface area contributed by atoms with Gasteiger partial charge in [0.25, 0.3) is 0 Å². The molecule has 184 valence electrons. The minimum Gasteiger partial charge on any atom is -0.336 e. The van der Waals surface area contributed by atoms with E-state index < -0.39 is 5.41 Å². The van der Waals surface area contributed by atoms with Crippen LogP contribution in [0.4, 0.5) is 10.1 Å². The van der Waals surface area contributed by atoms with Crippen LogP contribution >= 0.6 is 11.3 Å². The number of hydrogen-bond acceptors (Lipinski definition) is 7. The van der Waals surface area contributed by atoms with E-state index in [9.17, 15) is 9.18 Å². The van der Waals surface area contributed by atoms with Crippen LogP contribution in [0.1, 0.15) is 20.8 Å². The Kier molecular flexibility index (Phi) is 5.30. The molecule has 0 unspecified atom stereocenters. The van der Waals surface area contributed by atoms with Crippen LogP contribution < -0.4 is 5.32 Å². The first-order chi connectivity index (χ1) is 17.8. The zero-order valence-electron chi connectivity index (χ0n) is 20.1. The van der Waals surface area contributed by atoms with Gasteiger partial charge in [0.1, 0.15) is 16.9 Å². The molecule has 0 aliphatic heterocycles. The van der Waals surface area contributed by atoms with E-state index in [0.29, 0.717) is 38.9 Å². The van der Waals surface area contributed by atoms with Crippen molar-refractivity contribution in [3.63, 3.8) is 0 Å². The van der Waals surface area contributed by atoms with Gasteiger partial charge in [-0.05, 0) is 30.3 Å². The highest BCUT2D eigenvalue weighted by atomic mass is 32.1. The Balaban J connectivity index is 1.40. The maximum Gasteiger partial charge on any atom is 0.229 e. The van der Waals surface area contributed by atoms with E-state index in [1.807, 2.05) is 39.0 Å². The molecule has 6 aromatic rings. The Morgan fingerprint density at radius 2 is 1.86 bits per heavy atom. The monoisotopic (exact) mass is 512 g/mol. The average molecular weight is 513 g/mol. The normalized spacial score (nSPS) is 11.9. The number of amides is 1. The lowest BCUT2D eigenvalue weighted by atomic mass is 9.95. The van der Waals surface area contributed by atoms with Gasteiger partial charge in [0.2, 0.25) is 5.91 Å². The fourth-order valence-electron chi connectivity index (χ4n) is 3.90. The van der Waals surface area contributed by atoms with Gasteiger partial charge in [-0.3, -0.25) is 19.9 Å². The standard InChI is InChI=1S/C26H21FN8OS/c1-26(2,3)25(36)31-15-8-13(10-28-12-15)14-9-16-20(34-35-23(16)30-11-14)24-32-17-6-7-29-22(21(17)33-24)18-4-5-19(27)37-18/h4-12H,1-3H3,(H,31,36)(H,32,33)(H,30,34,35). The molecule has 11 heteroatoms. The number of carbonyl (C=O) groups excluding carboxylic acids is 1. The third-order valence-corrected chi connectivity index (χ3v) is 6.74. The molecule has 0 aliphatic carbocycles. The predicted octanol–water partition coefficient (Wildman–Crippen LogP) is 5.81. The number of H-pyrrole nitrogens is 2. The number of carbonyl (C=O) groups is 1. The zero-order valence-corrected chi connectivity index (χ0v) is 20.9. The van der Waals surface area contributed by atoms with Gasteiger partial charge in [-0.15, -0.1) is 11.3 Å². The molecular weight excluding hydrogens is 491 g/mol. The van der Waals surface area contributed by atoms with E-state index in [1.165, 1.54) is 6.07 Å². The third kappa shape index (κ3) is 4.23. The summed E-state index contributed by atoms with van der Waals surface area (Å²) in [4.78, 5) is 34.4. The molecule has 0 aliphatic rings. The summed E-state index contributed by atoms with van der Waals surface area (Å²) in [7, 11) is 0. The number of aromatic nitrogens is 7. The number of nitrogens with one attached hydrogen (secondary N) is 3. The average Bonchev–Trinajstić information content (AvgIpc) is 3.60. The maximum absolute atomic E-state index is 13.6. The third-order valence-electron chi connectivity index (χ3n) is 5.86. The van der Waals surface area contributed by atoms with Gasteiger partial charge in [0, 0.05) is 35.1 Å². The Morgan fingerprint density at radius 3 is 2.65 bits per heavy atom. The Morgan fingerprint density at radius 1 is 1.03 bits per heavy atom. The Hall–Kier alpha value is -4.51. The van der Waals surface area contributed by atoms with Crippen molar-refractivity contribution in [3.8, 4) is 33.2 Å². The highest BCUT2D eigenvalue weighted by molar-refractivity contribution is 7.13. The second-order valence-corrected chi connectivity index (χ2v) is 10.6. The fraction of sp³-hybridized carbons (Fsp3) is 0.154. The van der Waals surface area contributed by atoms with Crippen LogP contribution in [0.5, 0.6) is 0 Å². The lowest BCUT2D eigenvalue weighted by molar-refractivity contribution is -0.123. The van der Waals surface area contributed by atoms with Crippen LogP contribution in [0.25, 0.3) is 55.3 Å². The summed E-state index contributed by atoms with van der Waals surface area (Å²) >= 11 is 1.02. The van der Waals surface area contributed by atoms with Crippen LogP contribution in [-0.4, -0.2) is 41.0 Å². The summed E-state index contributed by atoms with van der Waals surface area (Å²) in [6.45, 7) is 5.56. The summed E-state index contributed by atoms with van der Waals surface area (Å²) in [6, 6.07) is 8.75. The number of rotatable bonds is 4. The summed E-state index contributed by atoms with van der Waals surface area (Å²) < 4.78 is 13.6. The summed E-state index contributed by atoms with van der Waals surface area (Å²) in [6.07, 6.45) is 6.72. The first kappa shape index (κ1) is 22.9. The molecule has 3 N–H and O–H groups in total. The van der Waals surface area contributed by atoms with Crippen molar-refractivity contribution in [1.29, 1.82) is 0 Å². The number of fused-ring (bicyclic) bond motifs is 2. The predicted molar refractivity (Wildman–Crippen MR) is 141 cm³/mol. The van der Waals surface area contributed by atoms with Gasteiger partial charge >= 0.3 is 0 Å². The fourth-order valence-corrected chi connectivity index (χ4v) is 4.62. The van der Waals surface area contributed by atoms with Crippen LogP contribution in [0, 0.1) is 10.5 Å². The van der Waals surface area contributed by atoms with E-state index >= 15 is 0 Å². The van der Waals surface area contributed by atoms with Gasteiger partial charge in [0.05, 0.1) is 27.7 Å². The highest BCUT2D eigenvalue weighted by Gasteiger charge is 2.22. The topological polar surface area (TPSA) is 125 Å². The molecule has 1 amide bonds. The van der Waals surface area contributed by atoms with Crippen molar-refractivity contribution >= 4 is 45.0 Å². The first-order valence-corrected chi connectivity index (χ1v) is 12.3. The molecule has 0 saturated carbocycles. The zero-order chi connectivity index (χ0) is 25.7. The van der Waals surface area contributed by atoms with Crippen molar-refractivity contribution < 1.29 is 9.18 Å². The number of imidazole rings is 1. The molecular formula is C26H21FN8OS. The Labute approximate surface area is 214 Å². The molecule has 0 bridgehead atoms. The highest BCUT2D eigenvalue weighted by Crippen LogP contribution is 2.34. The summed E-state index contributed by atoms with van der Waals surface area (Å²) in [5, 5.41) is 10.8. The minimum atomic E-state index is -0.526. The van der Waals surface area contributed by atoms with Crippen LogP contribution in [-0.2, 0) is 4.79 Å². The molecule has 9 nitrogen and oxygen atoms in total. The van der Waals surface area contributed by atoms with Crippen molar-refractivity contribution in [3.05, 3.63) is 60.3 Å². The van der Waals surface area contributed by atoms with Crippen LogP contribution in [0.15, 0.2) is 55.1 Å². The lowest BCUT2D eigenvalue weighted by Crippen LogP contribution is -2.27. The van der Waals surface area contributed by atoms with Crippen molar-refractivity contribution in [2.24, 2.45) is 5.41 Å². The largest absolute Gasteiger partial charge is 0.336 e. The molecule has 0 fully saturated rings. The smallest absolute Gasteiger partial charge is 0.229 e. The molecule has 0 atom stereocenters. The maximum atomic E-state index is 13.6. The van der Waals surface area contributed by atoms with Gasteiger partial charge in [-0.1, -0.05) is 20.8 Å². The second-order valence-electron chi connectivity index (χ2n) is 9.60. The van der Waals surface area contributed by atoms with E-state index in [4.69, 9.17) is 4.98 Å². The Bertz CT molecular complexity index is 1800. The van der Waals surface area contributed by atoms with Gasteiger partial charge in [0.15, 0.2) is 16.6 Å². The molecule has 0 saturated heterocycles.